The van der Waals surface area contributed by atoms with Gasteiger partial charge in [-0.05, 0) is 49.8 Å². The molecule has 1 amide bonds. The van der Waals surface area contributed by atoms with Gasteiger partial charge in [0.2, 0.25) is 0 Å². The van der Waals surface area contributed by atoms with E-state index in [9.17, 15) is 4.79 Å². The Balaban J connectivity index is 1.61. The van der Waals surface area contributed by atoms with Gasteiger partial charge in [-0.2, -0.15) is 5.10 Å². The summed E-state index contributed by atoms with van der Waals surface area (Å²) in [6.07, 6.45) is 6.20. The number of aromatic nitrogens is 3. The third-order valence-electron chi connectivity index (χ3n) is 4.49. The molecule has 0 bridgehead atoms. The molecular weight excluding hydrogens is 264 g/mol. The van der Waals surface area contributed by atoms with Gasteiger partial charge in [0.25, 0.3) is 5.91 Å². The van der Waals surface area contributed by atoms with Crippen molar-refractivity contribution in [3.05, 3.63) is 46.0 Å². The highest BCUT2D eigenvalue weighted by atomic mass is 16.2. The van der Waals surface area contributed by atoms with Gasteiger partial charge in [-0.25, -0.2) is 0 Å². The molecule has 108 valence electrons. The summed E-state index contributed by atoms with van der Waals surface area (Å²) in [4.78, 5) is 18.9. The van der Waals surface area contributed by atoms with Gasteiger partial charge < -0.3 is 4.90 Å². The quantitative estimate of drug-likeness (QED) is 0.871. The number of amides is 1. The van der Waals surface area contributed by atoms with E-state index in [0.717, 1.165) is 41.8 Å². The van der Waals surface area contributed by atoms with Crippen molar-refractivity contribution in [1.82, 2.24) is 20.1 Å². The number of pyridine rings is 1. The van der Waals surface area contributed by atoms with Crippen molar-refractivity contribution in [2.75, 3.05) is 0 Å². The van der Waals surface area contributed by atoms with Crippen LogP contribution in [-0.4, -0.2) is 26.0 Å². The van der Waals surface area contributed by atoms with Gasteiger partial charge in [-0.15, -0.1) is 0 Å². The largest absolute Gasteiger partial charge is 0.329 e. The van der Waals surface area contributed by atoms with E-state index < -0.39 is 0 Å². The predicted molar refractivity (Wildman–Crippen MR) is 77.8 cm³/mol. The average molecular weight is 282 g/mol. The minimum absolute atomic E-state index is 0.0447. The number of hydrogen-bond acceptors (Lipinski definition) is 3. The predicted octanol–water partition coefficient (Wildman–Crippen LogP) is 2.15. The fraction of sp³-hybridized carbons (Fsp3) is 0.438. The fourth-order valence-electron chi connectivity index (χ4n) is 3.35. The second-order valence-electron chi connectivity index (χ2n) is 5.99. The SMILES string of the molecule is Cc1cc2c(cn1)CN(C(=O)c1n[nH]c3c1CCCC3)C2. The Hall–Kier alpha value is -2.17. The minimum atomic E-state index is 0.0447. The fourth-order valence-corrected chi connectivity index (χ4v) is 3.35. The van der Waals surface area contributed by atoms with E-state index in [0.29, 0.717) is 18.8 Å². The number of rotatable bonds is 1. The molecule has 0 unspecified atom stereocenters. The van der Waals surface area contributed by atoms with Crippen LogP contribution >= 0.6 is 0 Å². The summed E-state index contributed by atoms with van der Waals surface area (Å²) in [5.74, 6) is 0.0447. The second kappa shape index (κ2) is 4.69. The molecule has 5 heteroatoms. The molecule has 0 atom stereocenters. The van der Waals surface area contributed by atoms with Crippen molar-refractivity contribution in [2.45, 2.75) is 45.7 Å². The van der Waals surface area contributed by atoms with Gasteiger partial charge in [0.05, 0.1) is 0 Å². The van der Waals surface area contributed by atoms with E-state index in [1.54, 1.807) is 0 Å². The first-order chi connectivity index (χ1) is 10.2. The Labute approximate surface area is 123 Å². The van der Waals surface area contributed by atoms with E-state index >= 15 is 0 Å². The first kappa shape index (κ1) is 12.6. The standard InChI is InChI=1S/C16H18N4O/c1-10-6-11-8-20(9-12(11)7-17-10)16(21)15-13-4-2-3-5-14(13)18-19-15/h6-7H,2-5,8-9H2,1H3,(H,18,19). The topological polar surface area (TPSA) is 61.9 Å². The number of carbonyl (C=O) groups excluding carboxylic acids is 1. The molecule has 4 rings (SSSR count). The lowest BCUT2D eigenvalue weighted by Gasteiger charge is -2.16. The molecule has 0 fully saturated rings. The summed E-state index contributed by atoms with van der Waals surface area (Å²) in [7, 11) is 0. The van der Waals surface area contributed by atoms with Crippen LogP contribution in [0.1, 0.15) is 51.4 Å². The summed E-state index contributed by atoms with van der Waals surface area (Å²) >= 11 is 0. The Kier molecular flexibility index (Phi) is 2.80. The van der Waals surface area contributed by atoms with Crippen molar-refractivity contribution in [3.63, 3.8) is 0 Å². The maximum atomic E-state index is 12.8. The number of carbonyl (C=O) groups is 1. The van der Waals surface area contributed by atoms with E-state index in [-0.39, 0.29) is 5.91 Å². The lowest BCUT2D eigenvalue weighted by atomic mass is 9.95. The van der Waals surface area contributed by atoms with E-state index in [4.69, 9.17) is 0 Å². The molecule has 0 saturated heterocycles. The molecule has 0 aromatic carbocycles. The normalized spacial score (nSPS) is 16.7. The summed E-state index contributed by atoms with van der Waals surface area (Å²) < 4.78 is 0. The number of aromatic amines is 1. The zero-order valence-corrected chi connectivity index (χ0v) is 12.1. The van der Waals surface area contributed by atoms with Crippen LogP contribution in [-0.2, 0) is 25.9 Å². The molecule has 2 aliphatic rings. The van der Waals surface area contributed by atoms with Crippen molar-refractivity contribution >= 4 is 5.91 Å². The zero-order valence-electron chi connectivity index (χ0n) is 12.1. The second-order valence-corrected chi connectivity index (χ2v) is 5.99. The summed E-state index contributed by atoms with van der Waals surface area (Å²) in [5, 5.41) is 7.34. The molecule has 1 aliphatic carbocycles. The number of aryl methyl sites for hydroxylation is 2. The van der Waals surface area contributed by atoms with Crippen LogP contribution in [0.4, 0.5) is 0 Å². The van der Waals surface area contributed by atoms with Crippen LogP contribution in [0, 0.1) is 6.92 Å². The van der Waals surface area contributed by atoms with E-state index in [1.165, 1.54) is 12.0 Å². The number of H-pyrrole nitrogens is 1. The van der Waals surface area contributed by atoms with Crippen LogP contribution in [0.15, 0.2) is 12.3 Å². The van der Waals surface area contributed by atoms with E-state index in [1.807, 2.05) is 18.0 Å². The van der Waals surface area contributed by atoms with Crippen LogP contribution in [0.2, 0.25) is 0 Å². The zero-order chi connectivity index (χ0) is 14.4. The van der Waals surface area contributed by atoms with Crippen LogP contribution in [0.5, 0.6) is 0 Å². The van der Waals surface area contributed by atoms with Gasteiger partial charge in [-0.3, -0.25) is 14.9 Å². The Morgan fingerprint density at radius 2 is 2.05 bits per heavy atom. The van der Waals surface area contributed by atoms with Crippen molar-refractivity contribution in [3.8, 4) is 0 Å². The average Bonchev–Trinajstić information content (AvgIpc) is 3.09. The molecule has 0 radical (unpaired) electrons. The molecule has 3 heterocycles. The highest BCUT2D eigenvalue weighted by Crippen LogP contribution is 2.27. The smallest absolute Gasteiger partial charge is 0.275 e. The van der Waals surface area contributed by atoms with Gasteiger partial charge in [0.15, 0.2) is 5.69 Å². The number of nitrogens with one attached hydrogen (secondary N) is 1. The number of nitrogens with zero attached hydrogens (tertiary/aromatic N) is 3. The third kappa shape index (κ3) is 2.04. The highest BCUT2D eigenvalue weighted by molar-refractivity contribution is 5.94. The van der Waals surface area contributed by atoms with Gasteiger partial charge >= 0.3 is 0 Å². The van der Waals surface area contributed by atoms with Crippen LogP contribution in [0.25, 0.3) is 0 Å². The Bertz CT molecular complexity index is 719. The minimum Gasteiger partial charge on any atom is -0.329 e. The molecule has 0 saturated carbocycles. The van der Waals surface area contributed by atoms with Crippen molar-refractivity contribution in [1.29, 1.82) is 0 Å². The Morgan fingerprint density at radius 3 is 2.95 bits per heavy atom. The van der Waals surface area contributed by atoms with Crippen LogP contribution < -0.4 is 0 Å². The number of fused-ring (bicyclic) bond motifs is 2. The molecule has 1 N–H and O–H groups in total. The number of hydrogen-bond donors (Lipinski definition) is 1. The molecule has 1 aliphatic heterocycles. The van der Waals surface area contributed by atoms with Crippen LogP contribution in [0.3, 0.4) is 0 Å². The molecule has 2 aromatic rings. The lowest BCUT2D eigenvalue weighted by molar-refractivity contribution is 0.0744. The van der Waals surface area contributed by atoms with E-state index in [2.05, 4.69) is 21.2 Å². The van der Waals surface area contributed by atoms with Gasteiger partial charge in [0, 0.05) is 36.2 Å². The lowest BCUT2D eigenvalue weighted by Crippen LogP contribution is -2.26. The van der Waals surface area contributed by atoms with Gasteiger partial charge in [0.1, 0.15) is 0 Å². The van der Waals surface area contributed by atoms with Crippen molar-refractivity contribution in [2.24, 2.45) is 0 Å². The molecular formula is C16H18N4O. The maximum Gasteiger partial charge on any atom is 0.275 e. The Morgan fingerprint density at radius 1 is 1.24 bits per heavy atom. The maximum absolute atomic E-state index is 12.8. The van der Waals surface area contributed by atoms with Gasteiger partial charge in [-0.1, -0.05) is 0 Å². The monoisotopic (exact) mass is 282 g/mol. The molecule has 2 aromatic heterocycles. The first-order valence-corrected chi connectivity index (χ1v) is 7.52. The highest BCUT2D eigenvalue weighted by Gasteiger charge is 2.29. The molecule has 21 heavy (non-hydrogen) atoms. The third-order valence-corrected chi connectivity index (χ3v) is 4.49. The molecule has 0 spiro atoms. The first-order valence-electron chi connectivity index (χ1n) is 7.52. The van der Waals surface area contributed by atoms with Crippen molar-refractivity contribution < 1.29 is 4.79 Å². The molecule has 5 nitrogen and oxygen atoms in total. The summed E-state index contributed by atoms with van der Waals surface area (Å²) in [6, 6.07) is 2.07. The summed E-state index contributed by atoms with van der Waals surface area (Å²) in [5.41, 5.74) is 6.27. The summed E-state index contributed by atoms with van der Waals surface area (Å²) in [6.45, 7) is 3.29.